The first-order chi connectivity index (χ1) is 5.00. The van der Waals surface area contributed by atoms with Crippen LogP contribution in [-0.4, -0.2) is 18.2 Å². The van der Waals surface area contributed by atoms with Crippen molar-refractivity contribution >= 4 is 19.4 Å². The predicted molar refractivity (Wildman–Crippen MR) is 46.5 cm³/mol. The van der Waals surface area contributed by atoms with Crippen molar-refractivity contribution in [1.29, 1.82) is 0 Å². The Morgan fingerprint density at radius 2 is 1.64 bits per heavy atom. The van der Waals surface area contributed by atoms with Crippen LogP contribution in [0.5, 0.6) is 0 Å². The van der Waals surface area contributed by atoms with Crippen LogP contribution in [0.4, 0.5) is 5.69 Å². The van der Waals surface area contributed by atoms with Crippen molar-refractivity contribution in [2.24, 2.45) is 0 Å². The van der Waals surface area contributed by atoms with Gasteiger partial charge in [0.05, 0.1) is 0 Å². The topological polar surface area (TPSA) is 66.5 Å². The van der Waals surface area contributed by atoms with E-state index in [-0.39, 0.29) is 0 Å². The first-order valence-electron chi connectivity index (χ1n) is 3.31. The summed E-state index contributed by atoms with van der Waals surface area (Å²) in [7, 11) is -3.11. The molecule has 0 unspecified atom stereocenters. The molecule has 11 heavy (non-hydrogen) atoms. The number of nitrogen functional groups attached to an aromatic ring is 1. The van der Waals surface area contributed by atoms with Gasteiger partial charge in [-0.15, -0.1) is 0 Å². The lowest BCUT2D eigenvalue weighted by atomic mass is 10.3. The summed E-state index contributed by atoms with van der Waals surface area (Å²) in [6, 6.07) is 6.60. The third-order valence-electron chi connectivity index (χ3n) is 1.46. The highest BCUT2D eigenvalue weighted by molar-refractivity contribution is 6.77. The Morgan fingerprint density at radius 1 is 1.18 bits per heavy atom. The molecular formula is C7H11NO2Si. The van der Waals surface area contributed by atoms with E-state index in [0.29, 0.717) is 10.9 Å². The molecule has 60 valence electrons. The number of hydrogen-bond acceptors (Lipinski definition) is 3. The largest absolute Gasteiger partial charge is 0.408 e. The van der Waals surface area contributed by atoms with Gasteiger partial charge in [-0.1, -0.05) is 12.1 Å². The van der Waals surface area contributed by atoms with Gasteiger partial charge in [-0.25, -0.2) is 0 Å². The van der Waals surface area contributed by atoms with E-state index < -0.39 is 8.56 Å². The number of rotatable bonds is 1. The van der Waals surface area contributed by atoms with Crippen LogP contribution in [0.1, 0.15) is 0 Å². The summed E-state index contributed by atoms with van der Waals surface area (Å²) in [4.78, 5) is 18.5. The Labute approximate surface area is 66.4 Å². The van der Waals surface area contributed by atoms with Crippen molar-refractivity contribution in [2.75, 3.05) is 5.73 Å². The lowest BCUT2D eigenvalue weighted by Gasteiger charge is -2.11. The van der Waals surface area contributed by atoms with E-state index in [0.717, 1.165) is 0 Å². The Bertz CT molecular complexity index is 240. The highest BCUT2D eigenvalue weighted by Gasteiger charge is 2.23. The molecule has 0 radical (unpaired) electrons. The van der Waals surface area contributed by atoms with Gasteiger partial charge in [-0.3, -0.25) is 0 Å². The molecule has 0 heterocycles. The summed E-state index contributed by atoms with van der Waals surface area (Å²) in [6.45, 7) is 1.44. The van der Waals surface area contributed by atoms with E-state index in [1.54, 1.807) is 24.3 Å². The second-order valence-corrected chi connectivity index (χ2v) is 5.26. The second-order valence-electron chi connectivity index (χ2n) is 2.64. The molecule has 0 aliphatic rings. The van der Waals surface area contributed by atoms with Crippen LogP contribution in [-0.2, 0) is 0 Å². The average Bonchev–Trinajstić information content (AvgIpc) is 1.86. The van der Waals surface area contributed by atoms with Crippen LogP contribution < -0.4 is 10.9 Å². The van der Waals surface area contributed by atoms with Crippen LogP contribution in [0.3, 0.4) is 0 Å². The van der Waals surface area contributed by atoms with E-state index in [9.17, 15) is 9.59 Å². The minimum absolute atomic E-state index is 0.576. The quantitative estimate of drug-likeness (QED) is 0.393. The van der Waals surface area contributed by atoms with Crippen molar-refractivity contribution < 1.29 is 9.59 Å². The second kappa shape index (κ2) is 2.65. The van der Waals surface area contributed by atoms with Gasteiger partial charge < -0.3 is 15.3 Å². The van der Waals surface area contributed by atoms with Crippen LogP contribution in [0, 0.1) is 0 Å². The lowest BCUT2D eigenvalue weighted by molar-refractivity contribution is 0.392. The summed E-state index contributed by atoms with van der Waals surface area (Å²) in [5, 5.41) is 0.576. The monoisotopic (exact) mass is 169 g/mol. The van der Waals surface area contributed by atoms with Gasteiger partial charge in [0, 0.05) is 5.69 Å². The fraction of sp³-hybridized carbons (Fsp3) is 0.143. The standard InChI is InChI=1S/C7H11NO2Si/c1-11(9,10)7-4-2-6(8)3-5-7/h2-5,9-10H,8H2,1H3. The summed E-state index contributed by atoms with van der Waals surface area (Å²) in [6.07, 6.45) is 0. The Balaban J connectivity index is 2.99. The molecule has 1 rings (SSSR count). The summed E-state index contributed by atoms with van der Waals surface area (Å²) in [5.74, 6) is 0. The molecule has 0 spiro atoms. The molecule has 0 aliphatic heterocycles. The van der Waals surface area contributed by atoms with Crippen LogP contribution >= 0.6 is 0 Å². The summed E-state index contributed by atoms with van der Waals surface area (Å²) < 4.78 is 0. The maximum absolute atomic E-state index is 9.23. The van der Waals surface area contributed by atoms with Crippen molar-refractivity contribution in [3.05, 3.63) is 24.3 Å². The van der Waals surface area contributed by atoms with Crippen LogP contribution in [0.25, 0.3) is 0 Å². The minimum Gasteiger partial charge on any atom is -0.408 e. The Hall–Kier alpha value is -0.843. The van der Waals surface area contributed by atoms with Gasteiger partial charge in [0.1, 0.15) is 0 Å². The molecule has 0 saturated carbocycles. The van der Waals surface area contributed by atoms with E-state index in [1.165, 1.54) is 6.55 Å². The van der Waals surface area contributed by atoms with Crippen molar-refractivity contribution in [3.8, 4) is 0 Å². The smallest absolute Gasteiger partial charge is 0.363 e. The number of benzene rings is 1. The molecule has 0 atom stereocenters. The van der Waals surface area contributed by atoms with Crippen LogP contribution in [0.15, 0.2) is 24.3 Å². The van der Waals surface area contributed by atoms with Gasteiger partial charge in [0.2, 0.25) is 0 Å². The maximum atomic E-state index is 9.23. The molecular weight excluding hydrogens is 158 g/mol. The van der Waals surface area contributed by atoms with Gasteiger partial charge in [-0.05, 0) is 23.9 Å². The molecule has 1 aromatic rings. The van der Waals surface area contributed by atoms with Gasteiger partial charge in [0.25, 0.3) is 0 Å². The van der Waals surface area contributed by atoms with Crippen molar-refractivity contribution in [1.82, 2.24) is 0 Å². The third kappa shape index (κ3) is 2.04. The van der Waals surface area contributed by atoms with E-state index in [1.807, 2.05) is 0 Å². The Kier molecular flexibility index (Phi) is 1.99. The van der Waals surface area contributed by atoms with Crippen LogP contribution in [0.2, 0.25) is 6.55 Å². The van der Waals surface area contributed by atoms with E-state index in [4.69, 9.17) is 5.73 Å². The molecule has 0 bridgehead atoms. The van der Waals surface area contributed by atoms with Crippen molar-refractivity contribution in [3.63, 3.8) is 0 Å². The number of hydrogen-bond donors (Lipinski definition) is 3. The van der Waals surface area contributed by atoms with Gasteiger partial charge in [0.15, 0.2) is 0 Å². The lowest BCUT2D eigenvalue weighted by Crippen LogP contribution is -2.44. The normalized spacial score (nSPS) is 11.5. The van der Waals surface area contributed by atoms with Gasteiger partial charge >= 0.3 is 8.56 Å². The first kappa shape index (κ1) is 8.26. The highest BCUT2D eigenvalue weighted by Crippen LogP contribution is 2.00. The molecule has 4 N–H and O–H groups in total. The zero-order valence-electron chi connectivity index (χ0n) is 6.28. The minimum atomic E-state index is -3.11. The van der Waals surface area contributed by atoms with Crippen molar-refractivity contribution in [2.45, 2.75) is 6.55 Å². The number of anilines is 1. The molecule has 0 amide bonds. The fourth-order valence-electron chi connectivity index (χ4n) is 0.799. The average molecular weight is 169 g/mol. The Morgan fingerprint density at radius 3 is 2.00 bits per heavy atom. The third-order valence-corrected chi connectivity index (χ3v) is 2.88. The zero-order chi connectivity index (χ0) is 8.48. The summed E-state index contributed by atoms with van der Waals surface area (Å²) in [5.41, 5.74) is 6.05. The SMILES string of the molecule is C[Si](O)(O)c1ccc(N)cc1. The number of nitrogens with two attached hydrogens (primary N) is 1. The van der Waals surface area contributed by atoms with E-state index in [2.05, 4.69) is 0 Å². The fourth-order valence-corrected chi connectivity index (χ4v) is 1.60. The predicted octanol–water partition coefficient (Wildman–Crippen LogP) is -0.468. The molecule has 0 fully saturated rings. The zero-order valence-corrected chi connectivity index (χ0v) is 7.28. The summed E-state index contributed by atoms with van der Waals surface area (Å²) >= 11 is 0. The molecule has 0 aliphatic carbocycles. The van der Waals surface area contributed by atoms with Gasteiger partial charge in [-0.2, -0.15) is 0 Å². The highest BCUT2D eigenvalue weighted by atomic mass is 28.4. The first-order valence-corrected chi connectivity index (χ1v) is 5.70. The van der Waals surface area contributed by atoms with E-state index >= 15 is 0 Å². The molecule has 4 heteroatoms. The molecule has 3 nitrogen and oxygen atoms in total. The molecule has 1 aromatic carbocycles. The molecule has 0 aromatic heterocycles. The molecule has 0 saturated heterocycles. The maximum Gasteiger partial charge on any atom is 0.363 e.